The highest BCUT2D eigenvalue weighted by Gasteiger charge is 2.03. The molecule has 0 radical (unpaired) electrons. The number of benzene rings is 1. The molecular formula is C15H21NO4. The third kappa shape index (κ3) is 6.33. The molecule has 110 valence electrons. The molecule has 0 unspecified atom stereocenters. The van der Waals surface area contributed by atoms with Gasteiger partial charge in [0.25, 0.3) is 0 Å². The zero-order valence-corrected chi connectivity index (χ0v) is 11.7. The largest absolute Gasteiger partial charge is 0.478 e. The zero-order valence-electron chi connectivity index (χ0n) is 11.7. The van der Waals surface area contributed by atoms with E-state index in [-0.39, 0.29) is 18.1 Å². The molecule has 1 aromatic carbocycles. The van der Waals surface area contributed by atoms with Crippen molar-refractivity contribution >= 4 is 11.9 Å². The molecule has 20 heavy (non-hydrogen) atoms. The third-order valence-corrected chi connectivity index (χ3v) is 2.81. The summed E-state index contributed by atoms with van der Waals surface area (Å²) in [6, 6.07) is 6.64. The van der Waals surface area contributed by atoms with Crippen molar-refractivity contribution in [3.63, 3.8) is 0 Å². The van der Waals surface area contributed by atoms with Crippen molar-refractivity contribution in [1.82, 2.24) is 5.32 Å². The van der Waals surface area contributed by atoms with Gasteiger partial charge in [-0.15, -0.1) is 0 Å². The second-order valence-electron chi connectivity index (χ2n) is 4.51. The van der Waals surface area contributed by atoms with Crippen LogP contribution in [0.15, 0.2) is 24.3 Å². The van der Waals surface area contributed by atoms with Gasteiger partial charge in [0.05, 0.1) is 5.56 Å². The van der Waals surface area contributed by atoms with Crippen LogP contribution in [0.25, 0.3) is 0 Å². The van der Waals surface area contributed by atoms with E-state index >= 15 is 0 Å². The van der Waals surface area contributed by atoms with Gasteiger partial charge in [0.1, 0.15) is 6.61 Å². The van der Waals surface area contributed by atoms with Crippen LogP contribution in [0.5, 0.6) is 0 Å². The Hall–Kier alpha value is -1.88. The summed E-state index contributed by atoms with van der Waals surface area (Å²) in [4.78, 5) is 22.1. The van der Waals surface area contributed by atoms with Gasteiger partial charge >= 0.3 is 5.97 Å². The number of carbonyl (C=O) groups excluding carboxylic acids is 1. The van der Waals surface area contributed by atoms with Crippen molar-refractivity contribution in [1.29, 1.82) is 0 Å². The van der Waals surface area contributed by atoms with Crippen molar-refractivity contribution in [3.05, 3.63) is 35.4 Å². The highest BCUT2D eigenvalue weighted by Crippen LogP contribution is 2.04. The SMILES string of the molecule is CCCCOCC(=O)NCCc1ccc(C(=O)O)cc1. The Balaban J connectivity index is 2.20. The first-order valence-electron chi connectivity index (χ1n) is 6.80. The molecule has 2 N–H and O–H groups in total. The molecule has 5 nitrogen and oxygen atoms in total. The van der Waals surface area contributed by atoms with E-state index < -0.39 is 5.97 Å². The fourth-order valence-corrected chi connectivity index (χ4v) is 1.62. The van der Waals surface area contributed by atoms with Crippen LogP contribution >= 0.6 is 0 Å². The van der Waals surface area contributed by atoms with Crippen LogP contribution < -0.4 is 5.32 Å². The lowest BCUT2D eigenvalue weighted by atomic mass is 10.1. The second kappa shape index (κ2) is 9.09. The Morgan fingerprint density at radius 3 is 2.55 bits per heavy atom. The molecule has 1 aromatic rings. The van der Waals surface area contributed by atoms with Crippen LogP contribution in [-0.2, 0) is 16.0 Å². The Kier molecular flexibility index (Phi) is 7.35. The summed E-state index contributed by atoms with van der Waals surface area (Å²) in [7, 11) is 0. The van der Waals surface area contributed by atoms with Crippen molar-refractivity contribution in [2.45, 2.75) is 26.2 Å². The number of ether oxygens (including phenoxy) is 1. The molecule has 0 aliphatic heterocycles. The summed E-state index contributed by atoms with van der Waals surface area (Å²) in [5, 5.41) is 11.5. The first-order chi connectivity index (χ1) is 9.63. The number of unbranched alkanes of at least 4 members (excludes halogenated alkanes) is 1. The monoisotopic (exact) mass is 279 g/mol. The average molecular weight is 279 g/mol. The number of hydrogen-bond donors (Lipinski definition) is 2. The van der Waals surface area contributed by atoms with Gasteiger partial charge in [-0.05, 0) is 30.5 Å². The fourth-order valence-electron chi connectivity index (χ4n) is 1.62. The molecule has 0 heterocycles. The number of carbonyl (C=O) groups is 2. The summed E-state index contributed by atoms with van der Waals surface area (Å²) < 4.78 is 5.20. The molecule has 0 bridgehead atoms. The smallest absolute Gasteiger partial charge is 0.335 e. The predicted octanol–water partition coefficient (Wildman–Crippen LogP) is 1.86. The molecular weight excluding hydrogens is 258 g/mol. The van der Waals surface area contributed by atoms with Gasteiger partial charge in [-0.2, -0.15) is 0 Å². The number of rotatable bonds is 9. The van der Waals surface area contributed by atoms with Gasteiger partial charge in [0, 0.05) is 13.2 Å². The maximum atomic E-state index is 11.4. The van der Waals surface area contributed by atoms with E-state index in [9.17, 15) is 9.59 Å². The first kappa shape index (κ1) is 16.2. The Labute approximate surface area is 118 Å². The van der Waals surface area contributed by atoms with E-state index in [1.54, 1.807) is 24.3 Å². The molecule has 5 heteroatoms. The molecule has 0 aromatic heterocycles. The quantitative estimate of drug-likeness (QED) is 0.677. The standard InChI is InChI=1S/C15H21NO4/c1-2-3-10-20-11-14(17)16-9-8-12-4-6-13(7-5-12)15(18)19/h4-7H,2-3,8-11H2,1H3,(H,16,17)(H,18,19). The molecule has 0 aliphatic carbocycles. The van der Waals surface area contributed by atoms with Gasteiger partial charge in [0.2, 0.25) is 5.91 Å². The summed E-state index contributed by atoms with van der Waals surface area (Å²) in [5.41, 5.74) is 1.25. The van der Waals surface area contributed by atoms with E-state index in [1.165, 1.54) is 0 Å². The molecule has 0 fully saturated rings. The summed E-state index contributed by atoms with van der Waals surface area (Å²) in [6.07, 6.45) is 2.68. The van der Waals surface area contributed by atoms with E-state index in [4.69, 9.17) is 9.84 Å². The molecule has 1 rings (SSSR count). The van der Waals surface area contributed by atoms with Crippen LogP contribution in [0.3, 0.4) is 0 Å². The Morgan fingerprint density at radius 2 is 1.95 bits per heavy atom. The van der Waals surface area contributed by atoms with Crippen LogP contribution in [0.1, 0.15) is 35.7 Å². The van der Waals surface area contributed by atoms with Gasteiger partial charge in [0.15, 0.2) is 0 Å². The zero-order chi connectivity index (χ0) is 14.8. The number of hydrogen-bond acceptors (Lipinski definition) is 3. The van der Waals surface area contributed by atoms with E-state index in [2.05, 4.69) is 12.2 Å². The van der Waals surface area contributed by atoms with Crippen LogP contribution in [-0.4, -0.2) is 36.7 Å². The lowest BCUT2D eigenvalue weighted by molar-refractivity contribution is -0.125. The van der Waals surface area contributed by atoms with Crippen molar-refractivity contribution < 1.29 is 19.4 Å². The van der Waals surface area contributed by atoms with Gasteiger partial charge in [-0.25, -0.2) is 4.79 Å². The minimum atomic E-state index is -0.936. The number of amides is 1. The van der Waals surface area contributed by atoms with Crippen LogP contribution in [0.4, 0.5) is 0 Å². The summed E-state index contributed by atoms with van der Waals surface area (Å²) in [5.74, 6) is -1.06. The van der Waals surface area contributed by atoms with Gasteiger partial charge in [-0.1, -0.05) is 25.5 Å². The van der Waals surface area contributed by atoms with Gasteiger partial charge < -0.3 is 15.2 Å². The summed E-state index contributed by atoms with van der Waals surface area (Å²) in [6.45, 7) is 3.29. The third-order valence-electron chi connectivity index (χ3n) is 2.81. The minimum Gasteiger partial charge on any atom is -0.478 e. The van der Waals surface area contributed by atoms with Crippen molar-refractivity contribution in [2.24, 2.45) is 0 Å². The molecule has 0 aliphatic rings. The predicted molar refractivity (Wildman–Crippen MR) is 75.8 cm³/mol. The molecule has 0 saturated carbocycles. The van der Waals surface area contributed by atoms with Crippen molar-refractivity contribution in [3.8, 4) is 0 Å². The van der Waals surface area contributed by atoms with E-state index in [1.807, 2.05) is 0 Å². The second-order valence-corrected chi connectivity index (χ2v) is 4.51. The highest BCUT2D eigenvalue weighted by atomic mass is 16.5. The van der Waals surface area contributed by atoms with E-state index in [0.29, 0.717) is 19.6 Å². The first-order valence-corrected chi connectivity index (χ1v) is 6.80. The average Bonchev–Trinajstić information content (AvgIpc) is 2.44. The van der Waals surface area contributed by atoms with E-state index in [0.717, 1.165) is 18.4 Å². The number of carboxylic acid groups (broad SMARTS) is 1. The lowest BCUT2D eigenvalue weighted by Gasteiger charge is -2.06. The number of aromatic carboxylic acids is 1. The van der Waals surface area contributed by atoms with Crippen LogP contribution in [0.2, 0.25) is 0 Å². The molecule has 1 amide bonds. The summed E-state index contributed by atoms with van der Waals surface area (Å²) >= 11 is 0. The molecule has 0 spiro atoms. The fraction of sp³-hybridized carbons (Fsp3) is 0.467. The van der Waals surface area contributed by atoms with Crippen LogP contribution in [0, 0.1) is 0 Å². The maximum absolute atomic E-state index is 11.4. The maximum Gasteiger partial charge on any atom is 0.335 e. The highest BCUT2D eigenvalue weighted by molar-refractivity contribution is 5.87. The van der Waals surface area contributed by atoms with Gasteiger partial charge in [-0.3, -0.25) is 4.79 Å². The Bertz CT molecular complexity index is 428. The Morgan fingerprint density at radius 1 is 1.25 bits per heavy atom. The molecule has 0 saturated heterocycles. The van der Waals surface area contributed by atoms with Crippen molar-refractivity contribution in [2.75, 3.05) is 19.8 Å². The topological polar surface area (TPSA) is 75.6 Å². The minimum absolute atomic E-state index is 0.0952. The molecule has 0 atom stereocenters. The number of nitrogens with one attached hydrogen (secondary N) is 1. The number of carboxylic acids is 1. The lowest BCUT2D eigenvalue weighted by Crippen LogP contribution is -2.29. The normalized spacial score (nSPS) is 10.2.